The molecule has 1 aromatic heterocycles. The van der Waals surface area contributed by atoms with Gasteiger partial charge in [-0.05, 0) is 37.1 Å². The first-order chi connectivity index (χ1) is 12.5. The number of hydrogen-bond donors (Lipinski definition) is 1. The first-order valence-corrected chi connectivity index (χ1v) is 8.58. The van der Waals surface area contributed by atoms with Gasteiger partial charge >= 0.3 is 5.69 Å². The lowest BCUT2D eigenvalue weighted by molar-refractivity contribution is 0.104. The highest BCUT2D eigenvalue weighted by molar-refractivity contribution is 6.19. The van der Waals surface area contributed by atoms with Gasteiger partial charge in [0.25, 0.3) is 5.56 Å². The quantitative estimate of drug-likeness (QED) is 0.830. The molecule has 7 nitrogen and oxygen atoms in total. The molecule has 0 unspecified atom stereocenters. The number of nitrogens with one attached hydrogen (secondary N) is 1. The fraction of sp³-hybridized carbons (Fsp3) is 0.316. The molecule has 0 aliphatic carbocycles. The maximum absolute atomic E-state index is 12.7. The summed E-state index contributed by atoms with van der Waals surface area (Å²) in [5, 5.41) is 2.96. The van der Waals surface area contributed by atoms with Crippen LogP contribution in [0.4, 0.5) is 5.82 Å². The molecule has 136 valence electrons. The number of nitrogens with zero attached hydrogens (tertiary/aromatic N) is 2. The van der Waals surface area contributed by atoms with Crippen LogP contribution in [0.25, 0.3) is 6.08 Å². The second-order valence-corrected chi connectivity index (χ2v) is 6.04. The predicted molar refractivity (Wildman–Crippen MR) is 99.8 cm³/mol. The highest BCUT2D eigenvalue weighted by Crippen LogP contribution is 2.26. The van der Waals surface area contributed by atoms with Crippen LogP contribution < -0.4 is 21.3 Å². The molecule has 0 radical (unpaired) electrons. The third-order valence-corrected chi connectivity index (χ3v) is 4.22. The Hall–Kier alpha value is -3.09. The number of rotatable bonds is 5. The Morgan fingerprint density at radius 1 is 1.12 bits per heavy atom. The van der Waals surface area contributed by atoms with Crippen molar-refractivity contribution in [3.8, 4) is 5.75 Å². The fourth-order valence-corrected chi connectivity index (χ4v) is 2.95. The van der Waals surface area contributed by atoms with Crippen LogP contribution in [0.3, 0.4) is 0 Å². The van der Waals surface area contributed by atoms with Crippen LogP contribution in [0.5, 0.6) is 5.75 Å². The SMILES string of the molecule is CCCn1c2c(c(=O)n(C)c1=O)C(=O)/C(=C\c1ccc(OCC)cc1)N2. The molecule has 0 amide bonds. The van der Waals surface area contributed by atoms with Gasteiger partial charge < -0.3 is 10.1 Å². The van der Waals surface area contributed by atoms with E-state index in [0.717, 1.165) is 15.9 Å². The number of allylic oxidation sites excluding steroid dienone is 1. The van der Waals surface area contributed by atoms with E-state index in [2.05, 4.69) is 5.32 Å². The number of fused-ring (bicyclic) bond motifs is 1. The van der Waals surface area contributed by atoms with Crippen LogP contribution in [0, 0.1) is 0 Å². The van der Waals surface area contributed by atoms with Gasteiger partial charge in [0.1, 0.15) is 17.1 Å². The fourth-order valence-electron chi connectivity index (χ4n) is 2.95. The van der Waals surface area contributed by atoms with Crippen molar-refractivity contribution in [2.45, 2.75) is 26.8 Å². The van der Waals surface area contributed by atoms with Crippen molar-refractivity contribution in [3.63, 3.8) is 0 Å². The Bertz CT molecular complexity index is 997. The van der Waals surface area contributed by atoms with Gasteiger partial charge in [-0.1, -0.05) is 19.1 Å². The summed E-state index contributed by atoms with van der Waals surface area (Å²) in [6.45, 7) is 4.84. The standard InChI is InChI=1S/C19H21N3O4/c1-4-10-22-17-15(18(24)21(3)19(22)25)16(23)14(20-17)11-12-6-8-13(9-7-12)26-5-2/h6-9,11,20H,4-5,10H2,1-3H3/b14-11+. The molecule has 3 rings (SSSR count). The van der Waals surface area contributed by atoms with Crippen molar-refractivity contribution in [2.24, 2.45) is 7.05 Å². The largest absolute Gasteiger partial charge is 0.494 e. The first kappa shape index (κ1) is 17.7. The average molecular weight is 355 g/mol. The highest BCUT2D eigenvalue weighted by Gasteiger charge is 2.32. The Morgan fingerprint density at radius 3 is 2.42 bits per heavy atom. The average Bonchev–Trinajstić information content (AvgIpc) is 2.95. The van der Waals surface area contributed by atoms with E-state index in [0.29, 0.717) is 19.6 Å². The minimum absolute atomic E-state index is 0.0118. The van der Waals surface area contributed by atoms with E-state index >= 15 is 0 Å². The summed E-state index contributed by atoms with van der Waals surface area (Å²) in [6, 6.07) is 7.28. The smallest absolute Gasteiger partial charge is 0.332 e. The highest BCUT2D eigenvalue weighted by atomic mass is 16.5. The maximum Gasteiger partial charge on any atom is 0.332 e. The number of carbonyl (C=O) groups excluding carboxylic acids is 1. The third kappa shape index (κ3) is 2.96. The van der Waals surface area contributed by atoms with E-state index in [-0.39, 0.29) is 17.1 Å². The molecule has 7 heteroatoms. The molecule has 1 aliphatic heterocycles. The minimum Gasteiger partial charge on any atom is -0.494 e. The van der Waals surface area contributed by atoms with Crippen LogP contribution in [0.2, 0.25) is 0 Å². The summed E-state index contributed by atoms with van der Waals surface area (Å²) in [6.07, 6.45) is 2.37. The summed E-state index contributed by atoms with van der Waals surface area (Å²) in [5.41, 5.74) is 0.0657. The lowest BCUT2D eigenvalue weighted by Crippen LogP contribution is -2.40. The monoisotopic (exact) mass is 355 g/mol. The van der Waals surface area contributed by atoms with Crippen LogP contribution >= 0.6 is 0 Å². The van der Waals surface area contributed by atoms with Crippen LogP contribution in [0.15, 0.2) is 39.6 Å². The molecule has 1 aliphatic rings. The number of hydrogen-bond acceptors (Lipinski definition) is 5. The summed E-state index contributed by atoms with van der Waals surface area (Å²) >= 11 is 0. The summed E-state index contributed by atoms with van der Waals surface area (Å²) in [4.78, 5) is 37.5. The van der Waals surface area contributed by atoms with Crippen molar-refractivity contribution >= 4 is 17.7 Å². The Balaban J connectivity index is 2.04. The Morgan fingerprint density at radius 2 is 1.81 bits per heavy atom. The summed E-state index contributed by atoms with van der Waals surface area (Å²) in [5.74, 6) is 0.621. The van der Waals surface area contributed by atoms with E-state index in [1.165, 1.54) is 11.6 Å². The Labute approximate surface area is 150 Å². The number of Topliss-reactive ketones (excluding diaryl/α,β-unsaturated/α-hetero) is 1. The molecule has 26 heavy (non-hydrogen) atoms. The number of aromatic nitrogens is 2. The van der Waals surface area contributed by atoms with E-state index in [4.69, 9.17) is 4.74 Å². The molecule has 0 saturated heterocycles. The molecule has 1 aromatic carbocycles. The van der Waals surface area contributed by atoms with Crippen molar-refractivity contribution in [1.82, 2.24) is 9.13 Å². The first-order valence-electron chi connectivity index (χ1n) is 8.58. The zero-order valence-corrected chi connectivity index (χ0v) is 15.0. The van der Waals surface area contributed by atoms with E-state index in [1.54, 1.807) is 6.08 Å². The van der Waals surface area contributed by atoms with Crippen molar-refractivity contribution in [1.29, 1.82) is 0 Å². The molecule has 0 bridgehead atoms. The lowest BCUT2D eigenvalue weighted by atomic mass is 10.1. The van der Waals surface area contributed by atoms with Gasteiger partial charge in [0.15, 0.2) is 0 Å². The number of carbonyl (C=O) groups is 1. The van der Waals surface area contributed by atoms with Gasteiger partial charge in [0.05, 0.1) is 12.3 Å². The van der Waals surface area contributed by atoms with E-state index in [1.807, 2.05) is 38.1 Å². The molecule has 2 heterocycles. The zero-order valence-electron chi connectivity index (χ0n) is 15.0. The lowest BCUT2D eigenvalue weighted by Gasteiger charge is -2.11. The Kier molecular flexibility index (Phi) is 4.79. The molecule has 0 saturated carbocycles. The molecule has 0 fully saturated rings. The number of benzene rings is 1. The maximum atomic E-state index is 12.7. The van der Waals surface area contributed by atoms with Gasteiger partial charge in [0, 0.05) is 13.6 Å². The normalized spacial score (nSPS) is 14.4. The van der Waals surface area contributed by atoms with Gasteiger partial charge in [-0.2, -0.15) is 0 Å². The molecular weight excluding hydrogens is 334 g/mol. The number of ether oxygens (including phenoxy) is 1. The van der Waals surface area contributed by atoms with Crippen molar-refractivity contribution in [2.75, 3.05) is 11.9 Å². The zero-order chi connectivity index (χ0) is 18.8. The predicted octanol–water partition coefficient (Wildman–Crippen LogP) is 2.00. The molecule has 1 N–H and O–H groups in total. The molecule has 0 spiro atoms. The van der Waals surface area contributed by atoms with Crippen molar-refractivity contribution in [3.05, 3.63) is 61.9 Å². The van der Waals surface area contributed by atoms with Crippen LogP contribution in [-0.2, 0) is 13.6 Å². The van der Waals surface area contributed by atoms with Gasteiger partial charge in [-0.3, -0.25) is 18.7 Å². The van der Waals surface area contributed by atoms with Gasteiger partial charge in [-0.25, -0.2) is 4.79 Å². The number of anilines is 1. The molecule has 0 atom stereocenters. The minimum atomic E-state index is -0.579. The molecule has 2 aromatic rings. The summed E-state index contributed by atoms with van der Waals surface area (Å²) < 4.78 is 7.82. The second-order valence-electron chi connectivity index (χ2n) is 6.04. The second kappa shape index (κ2) is 7.03. The summed E-state index contributed by atoms with van der Waals surface area (Å²) in [7, 11) is 1.39. The van der Waals surface area contributed by atoms with E-state index in [9.17, 15) is 14.4 Å². The topological polar surface area (TPSA) is 82.3 Å². The van der Waals surface area contributed by atoms with Gasteiger partial charge in [0.2, 0.25) is 5.78 Å². The van der Waals surface area contributed by atoms with E-state index < -0.39 is 17.0 Å². The van der Waals surface area contributed by atoms with Crippen LogP contribution in [0.1, 0.15) is 36.2 Å². The van der Waals surface area contributed by atoms with Gasteiger partial charge in [-0.15, -0.1) is 0 Å². The third-order valence-electron chi connectivity index (χ3n) is 4.22. The number of ketones is 1. The molecular formula is C19H21N3O4. The van der Waals surface area contributed by atoms with Crippen LogP contribution in [-0.4, -0.2) is 21.5 Å². The van der Waals surface area contributed by atoms with Crippen molar-refractivity contribution < 1.29 is 9.53 Å².